The van der Waals surface area contributed by atoms with Gasteiger partial charge in [0.1, 0.15) is 31.0 Å². The number of allylic oxidation sites excluding steroid dienone is 8. The minimum atomic E-state index is -1.60. The van der Waals surface area contributed by atoms with E-state index in [-0.39, 0.29) is 26.1 Å². The topological polar surface area (TPSA) is 152 Å². The van der Waals surface area contributed by atoms with Crippen LogP contribution in [0.5, 0.6) is 0 Å². The van der Waals surface area contributed by atoms with Gasteiger partial charge in [-0.3, -0.25) is 9.59 Å². The number of ether oxygens (including phenoxy) is 4. The Morgan fingerprint density at radius 2 is 1.04 bits per heavy atom. The van der Waals surface area contributed by atoms with Gasteiger partial charge in [0, 0.05) is 12.8 Å². The van der Waals surface area contributed by atoms with Gasteiger partial charge in [-0.25, -0.2) is 0 Å². The molecule has 1 saturated heterocycles. The van der Waals surface area contributed by atoms with Crippen LogP contribution in [-0.2, 0) is 28.5 Å². The van der Waals surface area contributed by atoms with Crippen LogP contribution in [0.1, 0.15) is 168 Å². The zero-order chi connectivity index (χ0) is 40.2. The highest BCUT2D eigenvalue weighted by molar-refractivity contribution is 5.70. The first-order valence-electron chi connectivity index (χ1n) is 21.7. The lowest BCUT2D eigenvalue weighted by molar-refractivity contribution is -0.305. The molecular weight excluding hydrogens is 700 g/mol. The Balaban J connectivity index is 2.35. The summed E-state index contributed by atoms with van der Waals surface area (Å²) in [6.07, 6.45) is 34.0. The molecule has 0 aromatic carbocycles. The number of rotatable bonds is 35. The van der Waals surface area contributed by atoms with Crippen LogP contribution in [-0.4, -0.2) is 89.0 Å². The van der Waals surface area contributed by atoms with Crippen molar-refractivity contribution in [1.29, 1.82) is 0 Å². The van der Waals surface area contributed by atoms with E-state index in [0.29, 0.717) is 12.8 Å². The molecule has 0 radical (unpaired) electrons. The first-order chi connectivity index (χ1) is 26.8. The number of unbranched alkanes of at least 4 members (excludes halogenated alkanes) is 16. The summed E-state index contributed by atoms with van der Waals surface area (Å²) in [6.45, 7) is 3.32. The molecule has 1 fully saturated rings. The van der Waals surface area contributed by atoms with E-state index in [9.17, 15) is 30.0 Å². The lowest BCUT2D eigenvalue weighted by Gasteiger charge is -2.39. The minimum absolute atomic E-state index is 0.212. The van der Waals surface area contributed by atoms with Crippen LogP contribution in [0, 0.1) is 0 Å². The maximum absolute atomic E-state index is 12.7. The average Bonchev–Trinajstić information content (AvgIpc) is 3.18. The van der Waals surface area contributed by atoms with Crippen LogP contribution in [0.4, 0.5) is 0 Å². The van der Waals surface area contributed by atoms with Crippen LogP contribution in [0.2, 0.25) is 0 Å². The minimum Gasteiger partial charge on any atom is -0.462 e. The molecule has 1 rings (SSSR count). The van der Waals surface area contributed by atoms with Crippen molar-refractivity contribution in [3.05, 3.63) is 48.6 Å². The van der Waals surface area contributed by atoms with Crippen molar-refractivity contribution >= 4 is 11.9 Å². The average molecular weight is 779 g/mol. The van der Waals surface area contributed by atoms with E-state index in [0.717, 1.165) is 89.9 Å². The Morgan fingerprint density at radius 3 is 1.60 bits per heavy atom. The lowest BCUT2D eigenvalue weighted by Crippen LogP contribution is -2.59. The zero-order valence-electron chi connectivity index (χ0n) is 34.4. The summed E-state index contributed by atoms with van der Waals surface area (Å²) in [7, 11) is 0. The van der Waals surface area contributed by atoms with Crippen molar-refractivity contribution in [2.45, 2.75) is 205 Å². The molecule has 10 heteroatoms. The third-order valence-electron chi connectivity index (χ3n) is 9.69. The highest BCUT2D eigenvalue weighted by Gasteiger charge is 2.44. The molecule has 0 aliphatic carbocycles. The number of aliphatic hydroxyl groups is 4. The van der Waals surface area contributed by atoms with Crippen LogP contribution >= 0.6 is 0 Å². The van der Waals surface area contributed by atoms with Crippen molar-refractivity contribution < 1.29 is 49.0 Å². The Labute approximate surface area is 333 Å². The monoisotopic (exact) mass is 779 g/mol. The Hall–Kier alpha value is -2.34. The van der Waals surface area contributed by atoms with E-state index in [1.807, 2.05) is 0 Å². The predicted octanol–water partition coefficient (Wildman–Crippen LogP) is 8.88. The first-order valence-corrected chi connectivity index (χ1v) is 21.7. The third kappa shape index (κ3) is 27.8. The van der Waals surface area contributed by atoms with E-state index in [2.05, 4.69) is 62.5 Å². The summed E-state index contributed by atoms with van der Waals surface area (Å²) < 4.78 is 22.1. The van der Waals surface area contributed by atoms with E-state index >= 15 is 0 Å². The summed E-state index contributed by atoms with van der Waals surface area (Å²) in [4.78, 5) is 25.2. The van der Waals surface area contributed by atoms with Crippen molar-refractivity contribution in [1.82, 2.24) is 0 Å². The fraction of sp³-hybridized carbons (Fsp3) is 0.778. The molecule has 1 heterocycles. The molecule has 0 aromatic rings. The van der Waals surface area contributed by atoms with Gasteiger partial charge in [-0.15, -0.1) is 0 Å². The van der Waals surface area contributed by atoms with Gasteiger partial charge in [-0.2, -0.15) is 0 Å². The van der Waals surface area contributed by atoms with Gasteiger partial charge in [-0.1, -0.05) is 133 Å². The first kappa shape index (κ1) is 50.7. The zero-order valence-corrected chi connectivity index (χ0v) is 34.4. The summed E-state index contributed by atoms with van der Waals surface area (Å²) >= 11 is 0. The number of esters is 2. The van der Waals surface area contributed by atoms with E-state index in [4.69, 9.17) is 18.9 Å². The van der Waals surface area contributed by atoms with Crippen LogP contribution < -0.4 is 0 Å². The van der Waals surface area contributed by atoms with Crippen molar-refractivity contribution in [2.24, 2.45) is 0 Å². The van der Waals surface area contributed by atoms with E-state index in [1.54, 1.807) is 0 Å². The smallest absolute Gasteiger partial charge is 0.306 e. The van der Waals surface area contributed by atoms with Crippen LogP contribution in [0.3, 0.4) is 0 Å². The summed E-state index contributed by atoms with van der Waals surface area (Å²) in [6, 6.07) is 0. The van der Waals surface area contributed by atoms with E-state index < -0.39 is 55.4 Å². The molecule has 1 aliphatic rings. The molecule has 1 aliphatic heterocycles. The molecule has 0 aromatic heterocycles. The van der Waals surface area contributed by atoms with Gasteiger partial charge >= 0.3 is 11.9 Å². The van der Waals surface area contributed by atoms with Crippen LogP contribution in [0.15, 0.2) is 48.6 Å². The highest BCUT2D eigenvalue weighted by Crippen LogP contribution is 2.22. The fourth-order valence-electron chi connectivity index (χ4n) is 6.17. The Kier molecular flexibility index (Phi) is 33.2. The second-order valence-electron chi connectivity index (χ2n) is 14.8. The maximum Gasteiger partial charge on any atom is 0.306 e. The Bertz CT molecular complexity index is 1040. The predicted molar refractivity (Wildman–Crippen MR) is 219 cm³/mol. The normalized spacial score (nSPS) is 21.0. The van der Waals surface area contributed by atoms with Crippen molar-refractivity contribution in [2.75, 3.05) is 19.8 Å². The second kappa shape index (κ2) is 36.0. The molecule has 0 bridgehead atoms. The lowest BCUT2D eigenvalue weighted by atomic mass is 9.99. The summed E-state index contributed by atoms with van der Waals surface area (Å²) in [5.41, 5.74) is 0. The molecular formula is C45H78O10. The molecule has 0 amide bonds. The number of aliphatic hydroxyl groups excluding tert-OH is 4. The number of hydrogen-bond acceptors (Lipinski definition) is 10. The van der Waals surface area contributed by atoms with E-state index in [1.165, 1.54) is 38.5 Å². The molecule has 10 nitrogen and oxygen atoms in total. The molecule has 6 atom stereocenters. The highest BCUT2D eigenvalue weighted by atomic mass is 16.7. The standard InChI is InChI=1S/C45H78O10/c1-3-5-7-9-11-13-15-16-17-18-19-20-21-22-24-26-28-30-32-34-41(48)54-38(37-53-45-44(51)43(50)42(49)39(35-46)55-45)36-52-40(47)33-31-29-27-25-23-14-12-10-8-6-4-2/h10-13,16-17,19-20,38-39,42-46,49-51H,3-9,14-15,18,21-37H2,1-2H3/b12-10-,13-11-,17-16-,20-19-. The van der Waals surface area contributed by atoms with Gasteiger partial charge in [0.15, 0.2) is 12.4 Å². The van der Waals surface area contributed by atoms with Crippen molar-refractivity contribution in [3.63, 3.8) is 0 Å². The van der Waals surface area contributed by atoms with Gasteiger partial charge in [0.25, 0.3) is 0 Å². The maximum atomic E-state index is 12.7. The van der Waals surface area contributed by atoms with Gasteiger partial charge in [0.2, 0.25) is 0 Å². The molecule has 318 valence electrons. The van der Waals surface area contributed by atoms with Gasteiger partial charge in [0.05, 0.1) is 13.2 Å². The number of carbonyl (C=O) groups is 2. The third-order valence-corrected chi connectivity index (χ3v) is 9.69. The number of hydrogen-bond donors (Lipinski definition) is 4. The summed E-state index contributed by atoms with van der Waals surface area (Å²) in [5.74, 6) is -0.836. The second-order valence-corrected chi connectivity index (χ2v) is 14.8. The largest absolute Gasteiger partial charge is 0.462 e. The quantitative estimate of drug-likeness (QED) is 0.0279. The fourth-order valence-corrected chi connectivity index (χ4v) is 6.17. The molecule has 55 heavy (non-hydrogen) atoms. The van der Waals surface area contributed by atoms with Crippen LogP contribution in [0.25, 0.3) is 0 Å². The molecule has 0 spiro atoms. The molecule has 6 unspecified atom stereocenters. The molecule has 4 N–H and O–H groups in total. The van der Waals surface area contributed by atoms with Crippen molar-refractivity contribution in [3.8, 4) is 0 Å². The van der Waals surface area contributed by atoms with Gasteiger partial charge < -0.3 is 39.4 Å². The Morgan fingerprint density at radius 1 is 0.564 bits per heavy atom. The number of carbonyl (C=O) groups excluding carboxylic acids is 2. The van der Waals surface area contributed by atoms with Gasteiger partial charge in [-0.05, 0) is 70.6 Å². The molecule has 0 saturated carbocycles. The summed E-state index contributed by atoms with van der Waals surface area (Å²) in [5, 5.41) is 40.0. The SMILES string of the molecule is CCCC/C=C\CCCCCCCC(=O)OCC(COC1OC(CO)C(O)C(O)C1O)OC(=O)CCCCCCCC/C=C\C/C=C\C/C=C\CCCCC.